The molecule has 0 spiro atoms. The molecule has 4 heteroatoms. The fourth-order valence-electron chi connectivity index (χ4n) is 3.92. The number of fused-ring (bicyclic) bond motifs is 1. The number of carbonyl (C=O) groups excluding carboxylic acids is 1. The van der Waals surface area contributed by atoms with Crippen LogP contribution in [0.15, 0.2) is 24.3 Å². The summed E-state index contributed by atoms with van der Waals surface area (Å²) < 4.78 is 0. The second-order valence-electron chi connectivity index (χ2n) is 7.01. The van der Waals surface area contributed by atoms with Crippen LogP contribution in [-0.2, 0) is 11.2 Å². The zero-order chi connectivity index (χ0) is 16.2. The highest BCUT2D eigenvalue weighted by atomic mass is 16.3. The van der Waals surface area contributed by atoms with Gasteiger partial charge in [-0.3, -0.25) is 9.69 Å². The molecule has 1 aromatic rings. The number of aliphatic hydroxyl groups excluding tert-OH is 1. The lowest BCUT2D eigenvalue weighted by atomic mass is 9.99. The number of hydrogen-bond acceptors (Lipinski definition) is 3. The van der Waals surface area contributed by atoms with E-state index in [-0.39, 0.29) is 18.6 Å². The molecular weight excluding hydrogens is 288 g/mol. The minimum Gasteiger partial charge on any atom is -0.395 e. The van der Waals surface area contributed by atoms with E-state index in [1.165, 1.54) is 11.1 Å². The third-order valence-corrected chi connectivity index (χ3v) is 5.40. The van der Waals surface area contributed by atoms with Crippen LogP contribution in [0.3, 0.4) is 0 Å². The molecule has 0 radical (unpaired) electrons. The number of likely N-dealkylation sites (tertiary alicyclic amines) is 1. The second-order valence-corrected chi connectivity index (χ2v) is 7.01. The van der Waals surface area contributed by atoms with Crippen molar-refractivity contribution in [1.29, 1.82) is 0 Å². The Kier molecular flexibility index (Phi) is 5.34. The van der Waals surface area contributed by atoms with Gasteiger partial charge in [-0.2, -0.15) is 0 Å². The summed E-state index contributed by atoms with van der Waals surface area (Å²) in [4.78, 5) is 16.8. The van der Waals surface area contributed by atoms with Crippen LogP contribution in [0, 0.1) is 5.92 Å². The molecule has 2 aliphatic rings. The number of piperidine rings is 1. The molecule has 126 valence electrons. The fourth-order valence-corrected chi connectivity index (χ4v) is 3.92. The number of amides is 1. The molecule has 0 bridgehead atoms. The molecule has 4 nitrogen and oxygen atoms in total. The van der Waals surface area contributed by atoms with Gasteiger partial charge >= 0.3 is 0 Å². The van der Waals surface area contributed by atoms with Crippen LogP contribution in [0.25, 0.3) is 0 Å². The Morgan fingerprint density at radius 2 is 2.00 bits per heavy atom. The van der Waals surface area contributed by atoms with Gasteiger partial charge in [0.1, 0.15) is 0 Å². The summed E-state index contributed by atoms with van der Waals surface area (Å²) in [6.07, 6.45) is 4.33. The Hall–Kier alpha value is -1.39. The Labute approximate surface area is 139 Å². The highest BCUT2D eigenvalue weighted by Gasteiger charge is 2.30. The fraction of sp³-hybridized carbons (Fsp3) is 0.632. The van der Waals surface area contributed by atoms with Gasteiger partial charge in [-0.25, -0.2) is 0 Å². The standard InChI is InChI=1S/C19H28N2O2/c1-15-8-10-20(11-9-15)19(23)14-21(12-13-22)18-7-6-16-4-2-3-5-17(16)18/h2-5,15,18,22H,6-14H2,1H3. The third kappa shape index (κ3) is 3.75. The summed E-state index contributed by atoms with van der Waals surface area (Å²) in [7, 11) is 0. The first-order chi connectivity index (χ1) is 11.2. The van der Waals surface area contributed by atoms with E-state index in [0.29, 0.717) is 13.1 Å². The van der Waals surface area contributed by atoms with Crippen molar-refractivity contribution in [2.75, 3.05) is 32.8 Å². The van der Waals surface area contributed by atoms with Crippen molar-refractivity contribution in [2.45, 2.75) is 38.6 Å². The summed E-state index contributed by atoms with van der Waals surface area (Å²) >= 11 is 0. The van der Waals surface area contributed by atoms with Crippen LogP contribution < -0.4 is 0 Å². The Morgan fingerprint density at radius 1 is 1.26 bits per heavy atom. The molecule has 1 atom stereocenters. The summed E-state index contributed by atoms with van der Waals surface area (Å²) in [6.45, 7) is 5.11. The maximum Gasteiger partial charge on any atom is 0.236 e. The number of aliphatic hydroxyl groups is 1. The zero-order valence-corrected chi connectivity index (χ0v) is 14.1. The zero-order valence-electron chi connectivity index (χ0n) is 14.1. The van der Waals surface area contributed by atoms with E-state index < -0.39 is 0 Å². The Bertz CT molecular complexity index is 538. The van der Waals surface area contributed by atoms with Gasteiger partial charge in [0.15, 0.2) is 0 Å². The Balaban J connectivity index is 1.66. The molecule has 1 aliphatic heterocycles. The van der Waals surface area contributed by atoms with Crippen LogP contribution in [0.1, 0.15) is 43.4 Å². The normalized spacial score (nSPS) is 21.7. The summed E-state index contributed by atoms with van der Waals surface area (Å²) in [5.74, 6) is 0.948. The van der Waals surface area contributed by atoms with E-state index in [0.717, 1.165) is 44.7 Å². The minimum atomic E-state index is 0.100. The molecule has 0 saturated carbocycles. The van der Waals surface area contributed by atoms with Crippen molar-refractivity contribution < 1.29 is 9.90 Å². The van der Waals surface area contributed by atoms with Gasteiger partial charge in [-0.15, -0.1) is 0 Å². The SMILES string of the molecule is CC1CCN(C(=O)CN(CCO)C2CCc3ccccc32)CC1. The van der Waals surface area contributed by atoms with Crippen molar-refractivity contribution in [2.24, 2.45) is 5.92 Å². The summed E-state index contributed by atoms with van der Waals surface area (Å²) in [5.41, 5.74) is 2.72. The van der Waals surface area contributed by atoms with E-state index in [4.69, 9.17) is 0 Å². The van der Waals surface area contributed by atoms with Crippen molar-refractivity contribution in [1.82, 2.24) is 9.80 Å². The molecule has 1 amide bonds. The first-order valence-corrected chi connectivity index (χ1v) is 8.89. The van der Waals surface area contributed by atoms with Gasteiger partial charge in [0.2, 0.25) is 5.91 Å². The molecule has 1 fully saturated rings. The molecular formula is C19H28N2O2. The lowest BCUT2D eigenvalue weighted by Gasteiger charge is -2.34. The third-order valence-electron chi connectivity index (χ3n) is 5.40. The molecule has 23 heavy (non-hydrogen) atoms. The maximum atomic E-state index is 12.7. The molecule has 1 N–H and O–H groups in total. The smallest absolute Gasteiger partial charge is 0.236 e. The van der Waals surface area contributed by atoms with Gasteiger partial charge in [-0.05, 0) is 42.7 Å². The second kappa shape index (κ2) is 7.45. The average Bonchev–Trinajstić information content (AvgIpc) is 2.99. The van der Waals surface area contributed by atoms with Crippen LogP contribution >= 0.6 is 0 Å². The number of benzene rings is 1. The van der Waals surface area contributed by atoms with E-state index in [1.54, 1.807) is 0 Å². The Morgan fingerprint density at radius 3 is 2.74 bits per heavy atom. The molecule has 1 aromatic carbocycles. The van der Waals surface area contributed by atoms with Crippen LogP contribution in [0.5, 0.6) is 0 Å². The predicted octanol–water partition coefficient (Wildman–Crippen LogP) is 2.23. The highest BCUT2D eigenvalue weighted by molar-refractivity contribution is 5.78. The van der Waals surface area contributed by atoms with Crippen LogP contribution in [0.2, 0.25) is 0 Å². The number of nitrogens with zero attached hydrogens (tertiary/aromatic N) is 2. The van der Waals surface area contributed by atoms with Crippen LogP contribution in [-0.4, -0.2) is 53.6 Å². The lowest BCUT2D eigenvalue weighted by molar-refractivity contribution is -0.134. The first kappa shape index (κ1) is 16.5. The van der Waals surface area contributed by atoms with E-state index >= 15 is 0 Å². The van der Waals surface area contributed by atoms with Gasteiger partial charge in [-0.1, -0.05) is 31.2 Å². The number of hydrogen-bond donors (Lipinski definition) is 1. The predicted molar refractivity (Wildman–Crippen MR) is 91.1 cm³/mol. The quantitative estimate of drug-likeness (QED) is 0.906. The van der Waals surface area contributed by atoms with Gasteiger partial charge in [0.05, 0.1) is 13.2 Å². The molecule has 0 aromatic heterocycles. The lowest BCUT2D eigenvalue weighted by Crippen LogP contribution is -2.45. The summed E-state index contributed by atoms with van der Waals surface area (Å²) in [5, 5.41) is 9.44. The van der Waals surface area contributed by atoms with Gasteiger partial charge < -0.3 is 10.0 Å². The van der Waals surface area contributed by atoms with Crippen molar-refractivity contribution >= 4 is 5.91 Å². The number of rotatable bonds is 5. The van der Waals surface area contributed by atoms with E-state index in [2.05, 4.69) is 36.1 Å². The minimum absolute atomic E-state index is 0.100. The molecule has 1 heterocycles. The molecule has 1 aliphatic carbocycles. The summed E-state index contributed by atoms with van der Waals surface area (Å²) in [6, 6.07) is 8.77. The molecule has 3 rings (SSSR count). The van der Waals surface area contributed by atoms with Crippen molar-refractivity contribution in [3.8, 4) is 0 Å². The van der Waals surface area contributed by atoms with Crippen molar-refractivity contribution in [3.05, 3.63) is 35.4 Å². The average molecular weight is 316 g/mol. The van der Waals surface area contributed by atoms with Gasteiger partial charge in [0, 0.05) is 25.7 Å². The topological polar surface area (TPSA) is 43.8 Å². The maximum absolute atomic E-state index is 12.7. The monoisotopic (exact) mass is 316 g/mol. The van der Waals surface area contributed by atoms with Crippen LogP contribution in [0.4, 0.5) is 0 Å². The largest absolute Gasteiger partial charge is 0.395 e. The van der Waals surface area contributed by atoms with Crippen molar-refractivity contribution in [3.63, 3.8) is 0 Å². The first-order valence-electron chi connectivity index (χ1n) is 8.89. The molecule has 1 saturated heterocycles. The van der Waals surface area contributed by atoms with Gasteiger partial charge in [0.25, 0.3) is 0 Å². The van der Waals surface area contributed by atoms with E-state index in [1.807, 2.05) is 4.90 Å². The number of carbonyl (C=O) groups is 1. The number of aryl methyl sites for hydroxylation is 1. The molecule has 1 unspecified atom stereocenters. The van der Waals surface area contributed by atoms with E-state index in [9.17, 15) is 9.90 Å². The highest BCUT2D eigenvalue weighted by Crippen LogP contribution is 2.35.